The standard InChI is InChI=1S/C13H16F2N2O2/c1-19-12-9(15)5-4-8(14)11(12)13(18)17-6-10(16)7-2-3-7/h4-5,7,10H,2-3,6,16H2,1H3,(H,17,18). The number of hydrogen-bond donors (Lipinski definition) is 2. The third-order valence-corrected chi connectivity index (χ3v) is 3.22. The molecule has 0 heterocycles. The summed E-state index contributed by atoms with van der Waals surface area (Å²) in [6.07, 6.45) is 2.10. The molecule has 1 aromatic rings. The number of ether oxygens (including phenoxy) is 1. The molecule has 1 aliphatic rings. The fraction of sp³-hybridized carbons (Fsp3) is 0.462. The van der Waals surface area contributed by atoms with Gasteiger partial charge in [-0.15, -0.1) is 0 Å². The molecule has 2 rings (SSSR count). The Kier molecular flexibility index (Phi) is 3.99. The second-order valence-corrected chi connectivity index (χ2v) is 4.65. The number of carbonyl (C=O) groups excluding carboxylic acids is 1. The zero-order chi connectivity index (χ0) is 14.0. The van der Waals surface area contributed by atoms with Gasteiger partial charge < -0.3 is 15.8 Å². The molecule has 1 saturated carbocycles. The van der Waals surface area contributed by atoms with Gasteiger partial charge in [0.15, 0.2) is 11.6 Å². The molecule has 0 aromatic heterocycles. The average molecular weight is 270 g/mol. The van der Waals surface area contributed by atoms with Crippen LogP contribution in [0.2, 0.25) is 0 Å². The fourth-order valence-electron chi connectivity index (χ4n) is 1.93. The van der Waals surface area contributed by atoms with E-state index in [-0.39, 0.29) is 12.6 Å². The van der Waals surface area contributed by atoms with Crippen LogP contribution in [0, 0.1) is 17.6 Å². The van der Waals surface area contributed by atoms with E-state index in [1.807, 2.05) is 0 Å². The SMILES string of the molecule is COc1c(F)ccc(F)c1C(=O)NCC(N)C1CC1. The van der Waals surface area contributed by atoms with Crippen molar-refractivity contribution < 1.29 is 18.3 Å². The van der Waals surface area contributed by atoms with E-state index in [0.29, 0.717) is 5.92 Å². The Morgan fingerprint density at radius 2 is 2.11 bits per heavy atom. The third-order valence-electron chi connectivity index (χ3n) is 3.22. The molecule has 1 amide bonds. The Bertz CT molecular complexity index is 490. The molecule has 0 bridgehead atoms. The van der Waals surface area contributed by atoms with Crippen LogP contribution in [-0.4, -0.2) is 25.6 Å². The van der Waals surface area contributed by atoms with Crippen molar-refractivity contribution in [2.24, 2.45) is 11.7 Å². The molecule has 0 spiro atoms. The first-order chi connectivity index (χ1) is 9.04. The van der Waals surface area contributed by atoms with Crippen molar-refractivity contribution in [1.29, 1.82) is 0 Å². The van der Waals surface area contributed by atoms with Crippen molar-refractivity contribution in [2.45, 2.75) is 18.9 Å². The minimum atomic E-state index is -0.823. The Labute approximate surface area is 109 Å². The van der Waals surface area contributed by atoms with E-state index in [0.717, 1.165) is 25.0 Å². The average Bonchev–Trinajstić information content (AvgIpc) is 3.22. The summed E-state index contributed by atoms with van der Waals surface area (Å²) >= 11 is 0. The van der Waals surface area contributed by atoms with Crippen LogP contribution >= 0.6 is 0 Å². The van der Waals surface area contributed by atoms with E-state index in [1.165, 1.54) is 7.11 Å². The number of amides is 1. The number of halogens is 2. The number of nitrogens with one attached hydrogen (secondary N) is 1. The van der Waals surface area contributed by atoms with Crippen molar-refractivity contribution in [2.75, 3.05) is 13.7 Å². The molecular weight excluding hydrogens is 254 g/mol. The minimum absolute atomic E-state index is 0.147. The lowest BCUT2D eigenvalue weighted by atomic mass is 10.1. The Morgan fingerprint density at radius 1 is 1.47 bits per heavy atom. The Balaban J connectivity index is 2.11. The summed E-state index contributed by atoms with van der Waals surface area (Å²) in [6.45, 7) is 0.239. The number of benzene rings is 1. The molecule has 1 fully saturated rings. The number of rotatable bonds is 5. The van der Waals surface area contributed by atoms with E-state index in [1.54, 1.807) is 0 Å². The van der Waals surface area contributed by atoms with Crippen molar-refractivity contribution in [3.05, 3.63) is 29.3 Å². The van der Waals surface area contributed by atoms with E-state index in [4.69, 9.17) is 10.5 Å². The lowest BCUT2D eigenvalue weighted by Gasteiger charge is -2.14. The first-order valence-electron chi connectivity index (χ1n) is 6.10. The van der Waals surface area contributed by atoms with Gasteiger partial charge in [0.25, 0.3) is 5.91 Å². The first-order valence-corrected chi connectivity index (χ1v) is 6.10. The van der Waals surface area contributed by atoms with Crippen LogP contribution in [0.25, 0.3) is 0 Å². The van der Waals surface area contributed by atoms with Crippen molar-refractivity contribution in [3.8, 4) is 5.75 Å². The summed E-state index contributed by atoms with van der Waals surface area (Å²) in [4.78, 5) is 11.9. The normalized spacial score (nSPS) is 16.0. The molecule has 0 aliphatic heterocycles. The molecule has 1 atom stereocenters. The molecule has 1 aromatic carbocycles. The summed E-state index contributed by atoms with van der Waals surface area (Å²) < 4.78 is 31.8. The monoisotopic (exact) mass is 270 g/mol. The smallest absolute Gasteiger partial charge is 0.258 e. The highest BCUT2D eigenvalue weighted by atomic mass is 19.1. The largest absolute Gasteiger partial charge is 0.493 e. The second kappa shape index (κ2) is 5.52. The second-order valence-electron chi connectivity index (χ2n) is 4.65. The van der Waals surface area contributed by atoms with Crippen LogP contribution in [0.1, 0.15) is 23.2 Å². The molecule has 0 saturated heterocycles. The summed E-state index contributed by atoms with van der Waals surface area (Å²) in [7, 11) is 1.19. The molecular formula is C13H16F2N2O2. The summed E-state index contributed by atoms with van der Waals surface area (Å²) in [6, 6.07) is 1.67. The highest BCUT2D eigenvalue weighted by Gasteiger charge is 2.29. The van der Waals surface area contributed by atoms with Crippen LogP contribution in [0.3, 0.4) is 0 Å². The van der Waals surface area contributed by atoms with Gasteiger partial charge >= 0.3 is 0 Å². The Hall–Kier alpha value is -1.69. The quantitative estimate of drug-likeness (QED) is 0.851. The fourth-order valence-corrected chi connectivity index (χ4v) is 1.93. The zero-order valence-corrected chi connectivity index (χ0v) is 10.6. The molecule has 1 unspecified atom stereocenters. The Morgan fingerprint density at radius 3 is 2.68 bits per heavy atom. The van der Waals surface area contributed by atoms with Crippen LogP contribution < -0.4 is 15.8 Å². The predicted octanol–water partition coefficient (Wildman–Crippen LogP) is 1.44. The van der Waals surface area contributed by atoms with Gasteiger partial charge in [-0.25, -0.2) is 8.78 Å². The predicted molar refractivity (Wildman–Crippen MR) is 65.9 cm³/mol. The number of carbonyl (C=O) groups is 1. The summed E-state index contributed by atoms with van der Waals surface area (Å²) in [5, 5.41) is 2.51. The lowest BCUT2D eigenvalue weighted by molar-refractivity contribution is 0.0942. The van der Waals surface area contributed by atoms with Crippen molar-refractivity contribution >= 4 is 5.91 Å². The van der Waals surface area contributed by atoms with Gasteiger partial charge in [0.2, 0.25) is 0 Å². The van der Waals surface area contributed by atoms with Gasteiger partial charge in [0.1, 0.15) is 11.4 Å². The minimum Gasteiger partial charge on any atom is -0.493 e. The maximum atomic E-state index is 13.6. The molecule has 19 heavy (non-hydrogen) atoms. The van der Waals surface area contributed by atoms with Crippen LogP contribution in [0.5, 0.6) is 5.75 Å². The van der Waals surface area contributed by atoms with E-state index < -0.39 is 28.9 Å². The van der Waals surface area contributed by atoms with Gasteiger partial charge in [-0.2, -0.15) is 0 Å². The van der Waals surface area contributed by atoms with E-state index >= 15 is 0 Å². The van der Waals surface area contributed by atoms with Crippen molar-refractivity contribution in [3.63, 3.8) is 0 Å². The van der Waals surface area contributed by atoms with Crippen LogP contribution in [0.15, 0.2) is 12.1 Å². The number of methoxy groups -OCH3 is 1. The molecule has 6 heteroatoms. The summed E-state index contributed by atoms with van der Waals surface area (Å²) in [5.74, 6) is -2.29. The van der Waals surface area contributed by atoms with Gasteiger partial charge in [-0.05, 0) is 30.9 Å². The topological polar surface area (TPSA) is 64.3 Å². The molecule has 4 nitrogen and oxygen atoms in total. The van der Waals surface area contributed by atoms with E-state index in [2.05, 4.69) is 5.32 Å². The third kappa shape index (κ3) is 3.01. The van der Waals surface area contributed by atoms with Gasteiger partial charge in [0, 0.05) is 12.6 Å². The highest BCUT2D eigenvalue weighted by Crippen LogP contribution is 2.31. The van der Waals surface area contributed by atoms with Gasteiger partial charge in [-0.3, -0.25) is 4.79 Å². The van der Waals surface area contributed by atoms with Gasteiger partial charge in [0.05, 0.1) is 7.11 Å². The lowest BCUT2D eigenvalue weighted by Crippen LogP contribution is -2.39. The maximum Gasteiger partial charge on any atom is 0.258 e. The van der Waals surface area contributed by atoms with Crippen LogP contribution in [0.4, 0.5) is 8.78 Å². The molecule has 3 N–H and O–H groups in total. The molecule has 1 aliphatic carbocycles. The molecule has 0 radical (unpaired) electrons. The summed E-state index contributed by atoms with van der Waals surface area (Å²) in [5.41, 5.74) is 5.40. The van der Waals surface area contributed by atoms with Gasteiger partial charge in [-0.1, -0.05) is 0 Å². The highest BCUT2D eigenvalue weighted by molar-refractivity contribution is 5.97. The van der Waals surface area contributed by atoms with Crippen molar-refractivity contribution in [1.82, 2.24) is 5.32 Å². The molecule has 104 valence electrons. The maximum absolute atomic E-state index is 13.6. The number of hydrogen-bond acceptors (Lipinski definition) is 3. The first kappa shape index (κ1) is 13.7. The number of nitrogens with two attached hydrogens (primary N) is 1. The van der Waals surface area contributed by atoms with E-state index in [9.17, 15) is 13.6 Å². The van der Waals surface area contributed by atoms with Crippen LogP contribution in [-0.2, 0) is 0 Å². The zero-order valence-electron chi connectivity index (χ0n) is 10.6.